The molecule has 0 saturated carbocycles. The van der Waals surface area contributed by atoms with Gasteiger partial charge < -0.3 is 19.6 Å². The second kappa shape index (κ2) is 9.73. The van der Waals surface area contributed by atoms with Crippen molar-refractivity contribution >= 4 is 28.3 Å². The van der Waals surface area contributed by atoms with Crippen LogP contribution in [0, 0.1) is 11.2 Å². The summed E-state index contributed by atoms with van der Waals surface area (Å²) in [6.07, 6.45) is -1.31. The van der Waals surface area contributed by atoms with Crippen LogP contribution in [0.25, 0.3) is 0 Å². The smallest absolute Gasteiger partial charge is 0.475 e. The Morgan fingerprint density at radius 3 is 2.65 bits per heavy atom. The third-order valence-corrected chi connectivity index (χ3v) is 5.75. The van der Waals surface area contributed by atoms with Gasteiger partial charge in [0, 0.05) is 37.8 Å². The fourth-order valence-corrected chi connectivity index (χ4v) is 4.29. The van der Waals surface area contributed by atoms with E-state index in [1.54, 1.807) is 29.1 Å². The van der Waals surface area contributed by atoms with E-state index in [2.05, 4.69) is 20.1 Å². The first-order chi connectivity index (χ1) is 14.7. The lowest BCUT2D eigenvalue weighted by Crippen LogP contribution is -2.51. The van der Waals surface area contributed by atoms with Crippen LogP contribution in [0.5, 0.6) is 0 Å². The number of aliphatic carboxylic acids is 1. The summed E-state index contributed by atoms with van der Waals surface area (Å²) in [6, 6.07) is 3.09. The van der Waals surface area contributed by atoms with E-state index in [1.165, 1.54) is 6.07 Å². The highest BCUT2D eigenvalue weighted by Crippen LogP contribution is 2.36. The Morgan fingerprint density at radius 2 is 2.00 bits per heavy atom. The number of carbonyl (C=O) groups is 1. The highest BCUT2D eigenvalue weighted by molar-refractivity contribution is 7.13. The molecule has 1 spiro atoms. The van der Waals surface area contributed by atoms with Gasteiger partial charge in [-0.05, 0) is 25.0 Å². The third kappa shape index (κ3) is 6.00. The average Bonchev–Trinajstić information content (AvgIpc) is 3.19. The number of aromatic nitrogens is 3. The number of piperidine rings is 1. The van der Waals surface area contributed by atoms with Crippen LogP contribution in [0.3, 0.4) is 0 Å². The van der Waals surface area contributed by atoms with Crippen molar-refractivity contribution in [2.75, 3.05) is 49.2 Å². The maximum Gasteiger partial charge on any atom is 0.490 e. The van der Waals surface area contributed by atoms with Crippen molar-refractivity contribution in [3.05, 3.63) is 29.7 Å². The Balaban J connectivity index is 0.000000339. The van der Waals surface area contributed by atoms with Crippen LogP contribution >= 0.6 is 11.3 Å². The van der Waals surface area contributed by atoms with Crippen LogP contribution in [0.15, 0.2) is 23.8 Å². The van der Waals surface area contributed by atoms with Crippen LogP contribution in [0.2, 0.25) is 0 Å². The maximum absolute atomic E-state index is 14.2. The van der Waals surface area contributed by atoms with Crippen molar-refractivity contribution in [2.45, 2.75) is 19.0 Å². The summed E-state index contributed by atoms with van der Waals surface area (Å²) < 4.78 is 51.8. The fourth-order valence-electron chi connectivity index (χ4n) is 3.71. The van der Waals surface area contributed by atoms with Crippen molar-refractivity contribution in [2.24, 2.45) is 5.41 Å². The zero-order valence-electron chi connectivity index (χ0n) is 16.4. The Labute approximate surface area is 179 Å². The van der Waals surface area contributed by atoms with Gasteiger partial charge >= 0.3 is 12.1 Å². The molecule has 1 N–H and O–H groups in total. The minimum absolute atomic E-state index is 0.0373. The maximum atomic E-state index is 14.2. The molecule has 13 heteroatoms. The van der Waals surface area contributed by atoms with E-state index in [0.29, 0.717) is 25.6 Å². The molecule has 0 aromatic carbocycles. The fraction of sp³-hybridized carbons (Fsp3) is 0.556. The molecular formula is C18H21F4N5O3S. The van der Waals surface area contributed by atoms with E-state index in [0.717, 1.165) is 37.6 Å². The molecule has 2 aromatic rings. The van der Waals surface area contributed by atoms with Gasteiger partial charge in [0.2, 0.25) is 5.13 Å². The van der Waals surface area contributed by atoms with Crippen LogP contribution in [-0.2, 0) is 9.53 Å². The number of carboxylic acid groups (broad SMARTS) is 1. The topological polar surface area (TPSA) is 91.7 Å². The Hall–Kier alpha value is -2.54. The largest absolute Gasteiger partial charge is 0.490 e. The summed E-state index contributed by atoms with van der Waals surface area (Å²) in [7, 11) is 0. The number of hydrogen-bond acceptors (Lipinski definition) is 8. The van der Waals surface area contributed by atoms with E-state index in [4.69, 9.17) is 14.6 Å². The first-order valence-electron chi connectivity index (χ1n) is 9.45. The molecule has 4 rings (SSSR count). The summed E-state index contributed by atoms with van der Waals surface area (Å²) in [4.78, 5) is 17.5. The zero-order valence-corrected chi connectivity index (χ0v) is 17.2. The Kier molecular flexibility index (Phi) is 7.26. The van der Waals surface area contributed by atoms with Crippen molar-refractivity contribution in [1.82, 2.24) is 15.2 Å². The third-order valence-electron chi connectivity index (χ3n) is 5.00. The number of hydrogen-bond donors (Lipinski definition) is 1. The number of carboxylic acids is 1. The Bertz CT molecular complexity index is 870. The van der Waals surface area contributed by atoms with E-state index in [9.17, 15) is 17.6 Å². The molecule has 2 fully saturated rings. The molecular weight excluding hydrogens is 442 g/mol. The molecule has 8 nitrogen and oxygen atoms in total. The quantitative estimate of drug-likeness (QED) is 0.680. The molecule has 2 aromatic heterocycles. The van der Waals surface area contributed by atoms with Gasteiger partial charge in [-0.2, -0.15) is 13.2 Å². The number of anilines is 2. The van der Waals surface area contributed by atoms with E-state index in [1.807, 2.05) is 4.90 Å². The molecule has 2 aliphatic rings. The Morgan fingerprint density at radius 1 is 1.26 bits per heavy atom. The van der Waals surface area contributed by atoms with E-state index < -0.39 is 12.1 Å². The van der Waals surface area contributed by atoms with Gasteiger partial charge in [0.15, 0.2) is 11.6 Å². The van der Waals surface area contributed by atoms with E-state index >= 15 is 0 Å². The lowest BCUT2D eigenvalue weighted by molar-refractivity contribution is -0.192. The van der Waals surface area contributed by atoms with Crippen LogP contribution in [-0.4, -0.2) is 71.8 Å². The number of nitrogens with zero attached hydrogens (tertiary/aromatic N) is 5. The highest BCUT2D eigenvalue weighted by Gasteiger charge is 2.40. The summed E-state index contributed by atoms with van der Waals surface area (Å²) in [5, 5.41) is 16.2. The summed E-state index contributed by atoms with van der Waals surface area (Å²) in [5.41, 5.74) is 1.72. The minimum Gasteiger partial charge on any atom is -0.475 e. The minimum atomic E-state index is -5.08. The van der Waals surface area contributed by atoms with Gasteiger partial charge in [0.25, 0.3) is 0 Å². The second-order valence-electron chi connectivity index (χ2n) is 7.33. The van der Waals surface area contributed by atoms with E-state index in [-0.39, 0.29) is 11.2 Å². The van der Waals surface area contributed by atoms with Gasteiger partial charge in [-0.25, -0.2) is 14.2 Å². The molecule has 0 radical (unpaired) electrons. The molecule has 2 aliphatic heterocycles. The van der Waals surface area contributed by atoms with Crippen LogP contribution in [0.4, 0.5) is 28.5 Å². The van der Waals surface area contributed by atoms with Gasteiger partial charge in [0.1, 0.15) is 5.51 Å². The van der Waals surface area contributed by atoms with Crippen LogP contribution in [0.1, 0.15) is 12.8 Å². The van der Waals surface area contributed by atoms with Gasteiger partial charge in [-0.15, -0.1) is 10.2 Å². The standard InChI is InChI=1S/C16H20FN5OS.C2HF3O2/c17-13-3-1-5-18-14(13)21-7-8-23-11-16(9-21)4-2-6-22(10-16)15-20-19-12-24-15;3-2(4,5)1(6)7/h1,3,5,12H,2,4,6-11H2;(H,6,7). The van der Waals surface area contributed by atoms with Crippen molar-refractivity contribution in [3.8, 4) is 0 Å². The van der Waals surface area contributed by atoms with Crippen LogP contribution < -0.4 is 9.80 Å². The lowest BCUT2D eigenvalue weighted by Gasteiger charge is -2.43. The summed E-state index contributed by atoms with van der Waals surface area (Å²) in [6.45, 7) is 4.52. The predicted octanol–water partition coefficient (Wildman–Crippen LogP) is 2.83. The number of alkyl halides is 3. The summed E-state index contributed by atoms with van der Waals surface area (Å²) >= 11 is 1.56. The average molecular weight is 463 g/mol. The highest BCUT2D eigenvalue weighted by atomic mass is 32.1. The molecule has 0 aliphatic carbocycles. The number of pyridine rings is 1. The molecule has 2 saturated heterocycles. The summed E-state index contributed by atoms with van der Waals surface area (Å²) in [5.74, 6) is -2.60. The van der Waals surface area contributed by atoms with Crippen molar-refractivity contribution in [1.29, 1.82) is 0 Å². The molecule has 0 amide bonds. The molecule has 4 heterocycles. The predicted molar refractivity (Wildman–Crippen MR) is 105 cm³/mol. The number of ether oxygens (including phenoxy) is 1. The first-order valence-corrected chi connectivity index (χ1v) is 10.3. The van der Waals surface area contributed by atoms with Crippen molar-refractivity contribution in [3.63, 3.8) is 0 Å². The molecule has 0 bridgehead atoms. The molecule has 1 atom stereocenters. The molecule has 31 heavy (non-hydrogen) atoms. The van der Waals surface area contributed by atoms with Gasteiger partial charge in [0.05, 0.1) is 13.2 Å². The lowest BCUT2D eigenvalue weighted by atomic mass is 9.80. The van der Waals surface area contributed by atoms with Gasteiger partial charge in [-0.1, -0.05) is 11.3 Å². The number of halogens is 4. The molecule has 1 unspecified atom stereocenters. The second-order valence-corrected chi connectivity index (χ2v) is 8.14. The zero-order chi connectivity index (χ0) is 22.5. The van der Waals surface area contributed by atoms with Gasteiger partial charge in [-0.3, -0.25) is 0 Å². The SMILES string of the molecule is Fc1cccnc1N1CCOCC2(CCCN(c3nncs3)C2)C1.O=C(O)C(F)(F)F. The molecule has 170 valence electrons. The first kappa shape index (κ1) is 23.1. The number of rotatable bonds is 2. The monoisotopic (exact) mass is 463 g/mol. The van der Waals surface area contributed by atoms with Crippen molar-refractivity contribution < 1.29 is 32.2 Å². The normalized spacial score (nSPS) is 21.9.